The number of ether oxygens (including phenoxy) is 1. The minimum atomic E-state index is -0.747. The number of methoxy groups -OCH3 is 1. The molecule has 0 saturated carbocycles. The smallest absolute Gasteiger partial charge is 0.413 e. The third-order valence-corrected chi connectivity index (χ3v) is 0.729. The summed E-state index contributed by atoms with van der Waals surface area (Å²) in [5.74, 6) is -0.477. The molecule has 0 atom stereocenters. The van der Waals surface area contributed by atoms with Crippen LogP contribution in [0.5, 0.6) is 0 Å². The fourth-order valence-corrected chi connectivity index (χ4v) is 0.345. The second kappa shape index (κ2) is 4.55. The Morgan fingerprint density at radius 3 is 2.50 bits per heavy atom. The summed E-state index contributed by atoms with van der Waals surface area (Å²) in [6, 6.07) is 0. The Bertz CT molecular complexity index is 162. The maximum Gasteiger partial charge on any atom is 0.413 e. The standard InChI is InChI=1S/C6H9NO3/c1-3-4-5(8)7-6(9)10-2/h3-4H,1-2H3,(H,7,8,9). The van der Waals surface area contributed by atoms with Crippen LogP contribution in [0.25, 0.3) is 0 Å². The minimum Gasteiger partial charge on any atom is -0.453 e. The molecule has 0 aliphatic heterocycles. The summed E-state index contributed by atoms with van der Waals surface area (Å²) in [6.45, 7) is 1.68. The van der Waals surface area contributed by atoms with Gasteiger partial charge in [-0.25, -0.2) is 4.79 Å². The van der Waals surface area contributed by atoms with Gasteiger partial charge in [0.15, 0.2) is 0 Å². The first-order valence-electron chi connectivity index (χ1n) is 2.72. The monoisotopic (exact) mass is 143 g/mol. The highest BCUT2D eigenvalue weighted by molar-refractivity contribution is 5.98. The van der Waals surface area contributed by atoms with Crippen molar-refractivity contribution >= 4 is 12.0 Å². The summed E-state index contributed by atoms with van der Waals surface area (Å²) in [5, 5.41) is 1.94. The van der Waals surface area contributed by atoms with Crippen LogP contribution in [0.15, 0.2) is 12.2 Å². The van der Waals surface area contributed by atoms with Crippen molar-refractivity contribution in [2.24, 2.45) is 0 Å². The van der Waals surface area contributed by atoms with Crippen molar-refractivity contribution in [2.45, 2.75) is 6.92 Å². The summed E-state index contributed by atoms with van der Waals surface area (Å²) in [4.78, 5) is 20.8. The first kappa shape index (κ1) is 8.68. The average molecular weight is 143 g/mol. The molecule has 0 aromatic rings. The lowest BCUT2D eigenvalue weighted by molar-refractivity contribution is -0.115. The third kappa shape index (κ3) is 3.65. The second-order valence-electron chi connectivity index (χ2n) is 1.48. The van der Waals surface area contributed by atoms with E-state index in [4.69, 9.17) is 0 Å². The van der Waals surface area contributed by atoms with Crippen molar-refractivity contribution in [1.29, 1.82) is 0 Å². The number of alkyl carbamates (subject to hydrolysis) is 1. The first-order chi connectivity index (χ1) is 4.70. The van der Waals surface area contributed by atoms with Gasteiger partial charge in [0.05, 0.1) is 7.11 Å². The van der Waals surface area contributed by atoms with E-state index in [1.165, 1.54) is 19.3 Å². The molecular weight excluding hydrogens is 134 g/mol. The Morgan fingerprint density at radius 2 is 2.10 bits per heavy atom. The largest absolute Gasteiger partial charge is 0.453 e. The van der Waals surface area contributed by atoms with Gasteiger partial charge >= 0.3 is 6.09 Å². The highest BCUT2D eigenvalue weighted by Gasteiger charge is 2.00. The zero-order valence-corrected chi connectivity index (χ0v) is 5.88. The van der Waals surface area contributed by atoms with Gasteiger partial charge in [0.1, 0.15) is 0 Å². The SMILES string of the molecule is CC=CC(=O)NC(=O)OC. The van der Waals surface area contributed by atoms with E-state index in [0.29, 0.717) is 0 Å². The quantitative estimate of drug-likeness (QED) is 0.542. The maximum absolute atomic E-state index is 10.5. The lowest BCUT2D eigenvalue weighted by atomic mass is 10.5. The van der Waals surface area contributed by atoms with Gasteiger partial charge in [-0.3, -0.25) is 10.1 Å². The van der Waals surface area contributed by atoms with Crippen molar-refractivity contribution < 1.29 is 14.3 Å². The zero-order valence-electron chi connectivity index (χ0n) is 5.88. The van der Waals surface area contributed by atoms with Crippen molar-refractivity contribution in [2.75, 3.05) is 7.11 Å². The van der Waals surface area contributed by atoms with Gasteiger partial charge in [-0.1, -0.05) is 6.08 Å². The molecule has 0 spiro atoms. The molecule has 4 heteroatoms. The number of allylic oxidation sites excluding steroid dienone is 1. The van der Waals surface area contributed by atoms with Crippen LogP contribution in [0.1, 0.15) is 6.92 Å². The van der Waals surface area contributed by atoms with E-state index in [9.17, 15) is 9.59 Å². The van der Waals surface area contributed by atoms with Crippen molar-refractivity contribution in [1.82, 2.24) is 5.32 Å². The van der Waals surface area contributed by atoms with Gasteiger partial charge in [-0.2, -0.15) is 0 Å². The first-order valence-corrected chi connectivity index (χ1v) is 2.72. The Hall–Kier alpha value is -1.32. The number of hydrogen-bond acceptors (Lipinski definition) is 3. The molecule has 0 radical (unpaired) electrons. The van der Waals surface area contributed by atoms with Gasteiger partial charge in [0.2, 0.25) is 0 Å². The van der Waals surface area contributed by atoms with E-state index in [0.717, 1.165) is 0 Å². The Kier molecular flexibility index (Phi) is 3.95. The molecule has 4 nitrogen and oxygen atoms in total. The van der Waals surface area contributed by atoms with Crippen LogP contribution in [0.3, 0.4) is 0 Å². The van der Waals surface area contributed by atoms with Crippen molar-refractivity contribution in [3.05, 3.63) is 12.2 Å². The molecule has 0 aromatic carbocycles. The number of amides is 2. The van der Waals surface area contributed by atoms with Crippen molar-refractivity contribution in [3.8, 4) is 0 Å². The molecule has 0 aliphatic carbocycles. The fraction of sp³-hybridized carbons (Fsp3) is 0.333. The molecule has 1 N–H and O–H groups in total. The van der Waals surface area contributed by atoms with Gasteiger partial charge in [0, 0.05) is 0 Å². The van der Waals surface area contributed by atoms with Crippen LogP contribution in [-0.4, -0.2) is 19.1 Å². The fourth-order valence-electron chi connectivity index (χ4n) is 0.345. The highest BCUT2D eigenvalue weighted by atomic mass is 16.5. The number of carbonyl (C=O) groups excluding carboxylic acids is 2. The second-order valence-corrected chi connectivity index (χ2v) is 1.48. The number of carbonyl (C=O) groups is 2. The summed E-state index contributed by atoms with van der Waals surface area (Å²) in [5.41, 5.74) is 0. The summed E-state index contributed by atoms with van der Waals surface area (Å²) in [6.07, 6.45) is 2.01. The Morgan fingerprint density at radius 1 is 1.50 bits per heavy atom. The topological polar surface area (TPSA) is 55.4 Å². The number of imide groups is 1. The highest BCUT2D eigenvalue weighted by Crippen LogP contribution is 1.74. The molecule has 0 rings (SSSR count). The Labute approximate surface area is 58.9 Å². The lowest BCUT2D eigenvalue weighted by Gasteiger charge is -1.95. The van der Waals surface area contributed by atoms with Gasteiger partial charge in [0.25, 0.3) is 5.91 Å². The number of nitrogens with one attached hydrogen (secondary N) is 1. The molecule has 2 amide bonds. The minimum absolute atomic E-state index is 0.477. The van der Waals surface area contributed by atoms with E-state index in [1.54, 1.807) is 6.92 Å². The predicted octanol–water partition coefficient (Wildman–Crippen LogP) is 0.445. The molecule has 0 saturated heterocycles. The molecule has 56 valence electrons. The third-order valence-electron chi connectivity index (χ3n) is 0.729. The Balaban J connectivity index is 3.68. The van der Waals surface area contributed by atoms with E-state index in [-0.39, 0.29) is 0 Å². The van der Waals surface area contributed by atoms with Crippen LogP contribution >= 0.6 is 0 Å². The molecule has 0 unspecified atom stereocenters. The van der Waals surface area contributed by atoms with Crippen LogP contribution in [0.4, 0.5) is 4.79 Å². The lowest BCUT2D eigenvalue weighted by Crippen LogP contribution is -2.28. The van der Waals surface area contributed by atoms with Gasteiger partial charge in [-0.15, -0.1) is 0 Å². The summed E-state index contributed by atoms with van der Waals surface area (Å²) >= 11 is 0. The van der Waals surface area contributed by atoms with Crippen LogP contribution in [-0.2, 0) is 9.53 Å². The van der Waals surface area contributed by atoms with E-state index < -0.39 is 12.0 Å². The van der Waals surface area contributed by atoms with Crippen LogP contribution < -0.4 is 5.32 Å². The summed E-state index contributed by atoms with van der Waals surface area (Å²) in [7, 11) is 1.19. The van der Waals surface area contributed by atoms with Gasteiger partial charge in [-0.05, 0) is 13.0 Å². The zero-order chi connectivity index (χ0) is 7.98. The van der Waals surface area contributed by atoms with E-state index in [2.05, 4.69) is 4.74 Å². The normalized spacial score (nSPS) is 9.40. The average Bonchev–Trinajstić information content (AvgIpc) is 1.88. The molecule has 0 heterocycles. The number of rotatable bonds is 1. The van der Waals surface area contributed by atoms with E-state index >= 15 is 0 Å². The maximum atomic E-state index is 10.5. The molecule has 0 fully saturated rings. The molecule has 0 bridgehead atoms. The molecule has 0 aromatic heterocycles. The van der Waals surface area contributed by atoms with E-state index in [1.807, 2.05) is 5.32 Å². The van der Waals surface area contributed by atoms with Gasteiger partial charge < -0.3 is 4.74 Å². The summed E-state index contributed by atoms with van der Waals surface area (Å²) < 4.78 is 4.16. The van der Waals surface area contributed by atoms with Crippen molar-refractivity contribution in [3.63, 3.8) is 0 Å². The van der Waals surface area contributed by atoms with Crippen LogP contribution in [0, 0.1) is 0 Å². The van der Waals surface area contributed by atoms with Crippen LogP contribution in [0.2, 0.25) is 0 Å². The number of hydrogen-bond donors (Lipinski definition) is 1. The predicted molar refractivity (Wildman–Crippen MR) is 35.4 cm³/mol. The molecule has 10 heavy (non-hydrogen) atoms. The molecular formula is C6H9NO3. The molecule has 0 aliphatic rings.